The van der Waals surface area contributed by atoms with Crippen LogP contribution < -0.4 is 4.90 Å². The van der Waals surface area contributed by atoms with Crippen molar-refractivity contribution in [2.24, 2.45) is 5.92 Å². The molecule has 1 aromatic rings. The molecule has 1 N–H and O–H groups in total. The van der Waals surface area contributed by atoms with Crippen LogP contribution in [0.5, 0.6) is 0 Å². The van der Waals surface area contributed by atoms with Gasteiger partial charge in [-0.1, -0.05) is 38.8 Å². The SMILES string of the molecule is CC(C)CN(c1ccc(C(C)O)cc1)C1CCCC1. The first-order valence-corrected chi connectivity index (χ1v) is 7.62. The lowest BCUT2D eigenvalue weighted by atomic mass is 10.1. The molecule has 0 saturated heterocycles. The molecule has 0 heterocycles. The number of aliphatic hydroxyl groups is 1. The molecule has 1 saturated carbocycles. The fourth-order valence-electron chi connectivity index (χ4n) is 3.02. The summed E-state index contributed by atoms with van der Waals surface area (Å²) in [5.74, 6) is 0.678. The maximum absolute atomic E-state index is 9.60. The first kappa shape index (κ1) is 14.4. The van der Waals surface area contributed by atoms with Crippen LogP contribution in [0.25, 0.3) is 0 Å². The summed E-state index contributed by atoms with van der Waals surface area (Å²) in [7, 11) is 0. The highest BCUT2D eigenvalue weighted by Crippen LogP contribution is 2.29. The van der Waals surface area contributed by atoms with Gasteiger partial charge in [0.05, 0.1) is 6.10 Å². The molecule has 0 aromatic heterocycles. The first-order chi connectivity index (χ1) is 9.08. The van der Waals surface area contributed by atoms with E-state index < -0.39 is 0 Å². The average molecular weight is 261 g/mol. The van der Waals surface area contributed by atoms with Gasteiger partial charge in [0, 0.05) is 18.3 Å². The first-order valence-electron chi connectivity index (χ1n) is 7.62. The van der Waals surface area contributed by atoms with Gasteiger partial charge < -0.3 is 10.0 Å². The highest BCUT2D eigenvalue weighted by Gasteiger charge is 2.23. The summed E-state index contributed by atoms with van der Waals surface area (Å²) in [6.45, 7) is 7.51. The van der Waals surface area contributed by atoms with E-state index in [9.17, 15) is 5.11 Å². The Morgan fingerprint density at radius 2 is 1.68 bits per heavy atom. The Kier molecular flexibility index (Phi) is 4.87. The molecule has 0 spiro atoms. The molecule has 1 aliphatic rings. The van der Waals surface area contributed by atoms with Crippen LogP contribution in [0, 0.1) is 5.92 Å². The summed E-state index contributed by atoms with van der Waals surface area (Å²) in [6.07, 6.45) is 5.00. The van der Waals surface area contributed by atoms with Gasteiger partial charge in [-0.2, -0.15) is 0 Å². The van der Waals surface area contributed by atoms with Gasteiger partial charge in [0.15, 0.2) is 0 Å². The Bertz CT molecular complexity index is 377. The normalized spacial score (nSPS) is 17.9. The lowest BCUT2D eigenvalue weighted by Gasteiger charge is -2.33. The minimum Gasteiger partial charge on any atom is -0.389 e. The van der Waals surface area contributed by atoms with Crippen LogP contribution in [-0.2, 0) is 0 Å². The minimum atomic E-state index is -0.376. The number of aliphatic hydroxyl groups excluding tert-OH is 1. The average Bonchev–Trinajstić information content (AvgIpc) is 2.89. The summed E-state index contributed by atoms with van der Waals surface area (Å²) >= 11 is 0. The van der Waals surface area contributed by atoms with E-state index in [1.165, 1.54) is 31.4 Å². The third kappa shape index (κ3) is 3.73. The van der Waals surface area contributed by atoms with Crippen LogP contribution in [0.2, 0.25) is 0 Å². The van der Waals surface area contributed by atoms with E-state index in [0.29, 0.717) is 12.0 Å². The third-order valence-corrected chi connectivity index (χ3v) is 4.03. The smallest absolute Gasteiger partial charge is 0.0761 e. The van der Waals surface area contributed by atoms with Crippen molar-refractivity contribution >= 4 is 5.69 Å². The van der Waals surface area contributed by atoms with Crippen molar-refractivity contribution in [1.82, 2.24) is 0 Å². The molecular weight excluding hydrogens is 234 g/mol. The van der Waals surface area contributed by atoms with Crippen LogP contribution in [0.1, 0.15) is 58.1 Å². The molecule has 1 unspecified atom stereocenters. The molecule has 0 aliphatic heterocycles. The predicted molar refractivity (Wildman–Crippen MR) is 81.5 cm³/mol. The molecule has 2 nitrogen and oxygen atoms in total. The molecule has 2 rings (SSSR count). The van der Waals surface area contributed by atoms with Gasteiger partial charge >= 0.3 is 0 Å². The Morgan fingerprint density at radius 3 is 2.16 bits per heavy atom. The maximum Gasteiger partial charge on any atom is 0.0761 e. The fraction of sp³-hybridized carbons (Fsp3) is 0.647. The van der Waals surface area contributed by atoms with Crippen molar-refractivity contribution in [2.75, 3.05) is 11.4 Å². The zero-order valence-electron chi connectivity index (χ0n) is 12.5. The Balaban J connectivity index is 2.16. The second kappa shape index (κ2) is 6.42. The van der Waals surface area contributed by atoms with Crippen molar-refractivity contribution in [3.8, 4) is 0 Å². The zero-order chi connectivity index (χ0) is 13.8. The summed E-state index contributed by atoms with van der Waals surface area (Å²) < 4.78 is 0. The number of anilines is 1. The monoisotopic (exact) mass is 261 g/mol. The molecule has 0 bridgehead atoms. The second-order valence-corrected chi connectivity index (χ2v) is 6.25. The van der Waals surface area contributed by atoms with Crippen LogP contribution in [0.4, 0.5) is 5.69 Å². The summed E-state index contributed by atoms with van der Waals surface area (Å²) in [5, 5.41) is 9.60. The largest absolute Gasteiger partial charge is 0.389 e. The zero-order valence-corrected chi connectivity index (χ0v) is 12.5. The second-order valence-electron chi connectivity index (χ2n) is 6.25. The van der Waals surface area contributed by atoms with Gasteiger partial charge in [-0.15, -0.1) is 0 Å². The van der Waals surface area contributed by atoms with E-state index in [4.69, 9.17) is 0 Å². The maximum atomic E-state index is 9.60. The molecule has 1 fully saturated rings. The van der Waals surface area contributed by atoms with Crippen LogP contribution in [0.3, 0.4) is 0 Å². The number of hydrogen-bond donors (Lipinski definition) is 1. The van der Waals surface area contributed by atoms with Crippen LogP contribution >= 0.6 is 0 Å². The van der Waals surface area contributed by atoms with E-state index in [1.807, 2.05) is 6.92 Å². The summed E-state index contributed by atoms with van der Waals surface area (Å²) in [6, 6.07) is 9.16. The molecule has 1 aromatic carbocycles. The van der Waals surface area contributed by atoms with Gasteiger partial charge in [-0.3, -0.25) is 0 Å². The lowest BCUT2D eigenvalue weighted by molar-refractivity contribution is 0.199. The predicted octanol–water partition coefficient (Wildman–Crippen LogP) is 4.14. The van der Waals surface area contributed by atoms with E-state index in [1.54, 1.807) is 0 Å². The third-order valence-electron chi connectivity index (χ3n) is 4.03. The number of benzene rings is 1. The quantitative estimate of drug-likeness (QED) is 0.861. The Morgan fingerprint density at radius 1 is 1.11 bits per heavy atom. The van der Waals surface area contributed by atoms with Gasteiger partial charge in [0.25, 0.3) is 0 Å². The number of rotatable bonds is 5. The van der Waals surface area contributed by atoms with Crippen molar-refractivity contribution in [2.45, 2.75) is 58.6 Å². The molecule has 0 radical (unpaired) electrons. The Labute approximate surface area is 117 Å². The number of hydrogen-bond acceptors (Lipinski definition) is 2. The fourth-order valence-corrected chi connectivity index (χ4v) is 3.02. The lowest BCUT2D eigenvalue weighted by Crippen LogP contribution is -2.36. The van der Waals surface area contributed by atoms with Gasteiger partial charge in [0.1, 0.15) is 0 Å². The van der Waals surface area contributed by atoms with E-state index in [-0.39, 0.29) is 6.10 Å². The van der Waals surface area contributed by atoms with Gasteiger partial charge in [0.2, 0.25) is 0 Å². The van der Waals surface area contributed by atoms with Gasteiger partial charge in [-0.05, 0) is 43.4 Å². The Hall–Kier alpha value is -1.02. The van der Waals surface area contributed by atoms with E-state index in [0.717, 1.165) is 12.1 Å². The van der Waals surface area contributed by atoms with Crippen molar-refractivity contribution < 1.29 is 5.11 Å². The molecule has 19 heavy (non-hydrogen) atoms. The topological polar surface area (TPSA) is 23.5 Å². The minimum absolute atomic E-state index is 0.376. The van der Waals surface area contributed by atoms with Crippen LogP contribution in [-0.4, -0.2) is 17.7 Å². The van der Waals surface area contributed by atoms with E-state index >= 15 is 0 Å². The summed E-state index contributed by atoms with van der Waals surface area (Å²) in [4.78, 5) is 2.57. The van der Waals surface area contributed by atoms with Crippen molar-refractivity contribution in [1.29, 1.82) is 0 Å². The molecule has 1 aliphatic carbocycles. The standard InChI is InChI=1S/C17H27NO/c1-13(2)12-18(16-6-4-5-7-16)17-10-8-15(9-11-17)14(3)19/h8-11,13-14,16,19H,4-7,12H2,1-3H3. The molecule has 106 valence electrons. The summed E-state index contributed by atoms with van der Waals surface area (Å²) in [5.41, 5.74) is 2.31. The van der Waals surface area contributed by atoms with Crippen LogP contribution in [0.15, 0.2) is 24.3 Å². The molecular formula is C17H27NO. The highest BCUT2D eigenvalue weighted by atomic mass is 16.3. The molecule has 2 heteroatoms. The number of nitrogens with zero attached hydrogens (tertiary/aromatic N) is 1. The van der Waals surface area contributed by atoms with Crippen molar-refractivity contribution in [3.05, 3.63) is 29.8 Å². The van der Waals surface area contributed by atoms with Crippen molar-refractivity contribution in [3.63, 3.8) is 0 Å². The van der Waals surface area contributed by atoms with E-state index in [2.05, 4.69) is 43.0 Å². The van der Waals surface area contributed by atoms with Gasteiger partial charge in [-0.25, -0.2) is 0 Å². The molecule has 0 amide bonds. The molecule has 1 atom stereocenters. The highest BCUT2D eigenvalue weighted by molar-refractivity contribution is 5.49.